The van der Waals surface area contributed by atoms with E-state index in [1.165, 1.54) is 0 Å². The summed E-state index contributed by atoms with van der Waals surface area (Å²) in [4.78, 5) is 11.6. The zero-order valence-electron chi connectivity index (χ0n) is 12.7. The van der Waals surface area contributed by atoms with Gasteiger partial charge in [-0.2, -0.15) is 0 Å². The van der Waals surface area contributed by atoms with Gasteiger partial charge in [0.25, 0.3) is 0 Å². The van der Waals surface area contributed by atoms with Gasteiger partial charge in [0.15, 0.2) is 6.61 Å². The Morgan fingerprint density at radius 2 is 2.14 bits per heavy atom. The number of carbonyl (C=O) groups is 1. The highest BCUT2D eigenvalue weighted by atomic mass is 79.9. The van der Waals surface area contributed by atoms with Crippen LogP contribution in [0.25, 0.3) is 0 Å². The van der Waals surface area contributed by atoms with E-state index in [1.54, 1.807) is 0 Å². The van der Waals surface area contributed by atoms with Crippen molar-refractivity contribution in [2.75, 3.05) is 13.2 Å². The van der Waals surface area contributed by atoms with Gasteiger partial charge in [-0.05, 0) is 43.0 Å². The van der Waals surface area contributed by atoms with Crippen molar-refractivity contribution in [1.29, 1.82) is 0 Å². The minimum atomic E-state index is -0.336. The van der Waals surface area contributed by atoms with Gasteiger partial charge in [0.2, 0.25) is 0 Å². The van der Waals surface area contributed by atoms with Crippen LogP contribution in [0.2, 0.25) is 0 Å². The second-order valence-electron chi connectivity index (χ2n) is 4.99. The number of unbranched alkanes of at least 4 members (excludes halogenated alkanes) is 1. The molecule has 0 aliphatic carbocycles. The average Bonchev–Trinajstić information content (AvgIpc) is 2.46. The molecule has 0 aliphatic rings. The van der Waals surface area contributed by atoms with Crippen LogP contribution in [0.1, 0.15) is 38.7 Å². The highest BCUT2D eigenvalue weighted by Crippen LogP contribution is 2.24. The summed E-state index contributed by atoms with van der Waals surface area (Å²) in [6.07, 6.45) is 3.49. The summed E-state index contributed by atoms with van der Waals surface area (Å²) in [7, 11) is 0. The smallest absolute Gasteiger partial charge is 0.344 e. The van der Waals surface area contributed by atoms with Crippen molar-refractivity contribution >= 4 is 21.9 Å². The minimum Gasteiger partial charge on any atom is -0.482 e. The molecule has 1 atom stereocenters. The predicted octanol–water partition coefficient (Wildman–Crippen LogP) is 3.45. The van der Waals surface area contributed by atoms with Gasteiger partial charge in [-0.1, -0.05) is 36.2 Å². The number of nitrogens with two attached hydrogens (primary N) is 1. The van der Waals surface area contributed by atoms with Gasteiger partial charge in [-0.15, -0.1) is 0 Å². The Balaban J connectivity index is 2.59. The Labute approximate surface area is 135 Å². The van der Waals surface area contributed by atoms with Crippen LogP contribution in [0, 0.1) is 0 Å². The van der Waals surface area contributed by atoms with Crippen LogP contribution in [-0.4, -0.2) is 25.2 Å². The lowest BCUT2D eigenvalue weighted by molar-refractivity contribution is -0.146. The number of rotatable bonds is 9. The van der Waals surface area contributed by atoms with Crippen LogP contribution >= 0.6 is 15.9 Å². The zero-order valence-corrected chi connectivity index (χ0v) is 14.3. The average molecular weight is 358 g/mol. The summed E-state index contributed by atoms with van der Waals surface area (Å²) in [6, 6.07) is 5.80. The number of ether oxygens (including phenoxy) is 2. The van der Waals surface area contributed by atoms with Gasteiger partial charge >= 0.3 is 5.97 Å². The summed E-state index contributed by atoms with van der Waals surface area (Å²) in [5.74, 6) is 0.353. The molecule has 0 saturated heterocycles. The second kappa shape index (κ2) is 9.79. The summed E-state index contributed by atoms with van der Waals surface area (Å²) in [5, 5.41) is 0. The Morgan fingerprint density at radius 1 is 1.38 bits per heavy atom. The zero-order chi connectivity index (χ0) is 15.7. The van der Waals surface area contributed by atoms with E-state index in [1.807, 2.05) is 25.1 Å². The molecule has 0 aliphatic heterocycles. The highest BCUT2D eigenvalue weighted by Gasteiger charge is 2.11. The molecule has 0 radical (unpaired) electrons. The summed E-state index contributed by atoms with van der Waals surface area (Å²) < 4.78 is 11.6. The summed E-state index contributed by atoms with van der Waals surface area (Å²) >= 11 is 3.44. The van der Waals surface area contributed by atoms with E-state index >= 15 is 0 Å². The van der Waals surface area contributed by atoms with Gasteiger partial charge in [0.05, 0.1) is 6.61 Å². The molecule has 21 heavy (non-hydrogen) atoms. The number of carbonyl (C=O) groups excluding carboxylic acids is 1. The molecule has 4 nitrogen and oxygen atoms in total. The van der Waals surface area contributed by atoms with Gasteiger partial charge < -0.3 is 15.2 Å². The third kappa shape index (κ3) is 6.96. The largest absolute Gasteiger partial charge is 0.482 e. The van der Waals surface area contributed by atoms with E-state index < -0.39 is 0 Å². The fourth-order valence-electron chi connectivity index (χ4n) is 1.78. The number of hydrogen-bond acceptors (Lipinski definition) is 4. The van der Waals surface area contributed by atoms with Crippen LogP contribution in [0.15, 0.2) is 22.7 Å². The first-order chi connectivity index (χ1) is 10.1. The molecule has 0 amide bonds. The normalized spacial score (nSPS) is 12.0. The molecular weight excluding hydrogens is 334 g/mol. The monoisotopic (exact) mass is 357 g/mol. The molecule has 0 fully saturated rings. The van der Waals surface area contributed by atoms with Crippen molar-refractivity contribution in [3.05, 3.63) is 28.2 Å². The van der Waals surface area contributed by atoms with Crippen molar-refractivity contribution in [2.45, 2.75) is 45.6 Å². The lowest BCUT2D eigenvalue weighted by Gasteiger charge is -2.14. The lowest BCUT2D eigenvalue weighted by Crippen LogP contribution is -2.22. The van der Waals surface area contributed by atoms with Crippen molar-refractivity contribution < 1.29 is 14.3 Å². The first-order valence-corrected chi connectivity index (χ1v) is 8.18. The van der Waals surface area contributed by atoms with Crippen LogP contribution in [-0.2, 0) is 16.0 Å². The topological polar surface area (TPSA) is 61.5 Å². The molecule has 1 rings (SSSR count). The Bertz CT molecular complexity index is 451. The molecule has 0 bridgehead atoms. The molecular formula is C16H24BrNO3. The molecule has 2 N–H and O–H groups in total. The van der Waals surface area contributed by atoms with Crippen molar-refractivity contribution in [3.8, 4) is 5.75 Å². The molecule has 0 saturated carbocycles. The SMILES string of the molecule is CCCCOC(=O)COc1ccc(Br)cc1CC(N)CC. The maximum absolute atomic E-state index is 11.6. The van der Waals surface area contributed by atoms with Crippen LogP contribution < -0.4 is 10.5 Å². The number of halogens is 1. The van der Waals surface area contributed by atoms with Gasteiger partial charge in [0, 0.05) is 10.5 Å². The van der Waals surface area contributed by atoms with E-state index in [2.05, 4.69) is 22.9 Å². The molecule has 0 spiro atoms. The molecule has 1 unspecified atom stereocenters. The number of hydrogen-bond donors (Lipinski definition) is 1. The molecule has 1 aromatic carbocycles. The molecule has 5 heteroatoms. The van der Waals surface area contributed by atoms with Crippen molar-refractivity contribution in [1.82, 2.24) is 0 Å². The number of esters is 1. The molecule has 0 heterocycles. The lowest BCUT2D eigenvalue weighted by atomic mass is 10.0. The Morgan fingerprint density at radius 3 is 2.81 bits per heavy atom. The fourth-order valence-corrected chi connectivity index (χ4v) is 2.19. The minimum absolute atomic E-state index is 0.0697. The quantitative estimate of drug-likeness (QED) is 0.543. The van der Waals surface area contributed by atoms with E-state index in [0.717, 1.165) is 35.7 Å². The van der Waals surface area contributed by atoms with Crippen molar-refractivity contribution in [3.63, 3.8) is 0 Å². The third-order valence-corrected chi connectivity index (χ3v) is 3.63. The summed E-state index contributed by atoms with van der Waals surface area (Å²) in [5.41, 5.74) is 7.00. The molecule has 118 valence electrons. The first kappa shape index (κ1) is 18.0. The molecule has 1 aromatic rings. The van der Waals surface area contributed by atoms with E-state index in [0.29, 0.717) is 12.4 Å². The highest BCUT2D eigenvalue weighted by molar-refractivity contribution is 9.10. The van der Waals surface area contributed by atoms with Crippen LogP contribution in [0.4, 0.5) is 0 Å². The van der Waals surface area contributed by atoms with Gasteiger partial charge in [-0.25, -0.2) is 4.79 Å². The standard InChI is InChI=1S/C16H24BrNO3/c1-3-5-8-20-16(19)11-21-15-7-6-13(17)9-12(15)10-14(18)4-2/h6-7,9,14H,3-5,8,10-11,18H2,1-2H3. The maximum atomic E-state index is 11.6. The summed E-state index contributed by atoms with van der Waals surface area (Å²) in [6.45, 7) is 4.48. The van der Waals surface area contributed by atoms with E-state index in [4.69, 9.17) is 15.2 Å². The van der Waals surface area contributed by atoms with E-state index in [9.17, 15) is 4.79 Å². The van der Waals surface area contributed by atoms with E-state index in [-0.39, 0.29) is 18.6 Å². The number of benzene rings is 1. The van der Waals surface area contributed by atoms with Gasteiger partial charge in [-0.3, -0.25) is 0 Å². The van der Waals surface area contributed by atoms with Crippen LogP contribution in [0.5, 0.6) is 5.75 Å². The van der Waals surface area contributed by atoms with Crippen molar-refractivity contribution in [2.24, 2.45) is 5.73 Å². The third-order valence-electron chi connectivity index (χ3n) is 3.14. The van der Waals surface area contributed by atoms with Crippen LogP contribution in [0.3, 0.4) is 0 Å². The predicted molar refractivity (Wildman–Crippen MR) is 87.5 cm³/mol. The fraction of sp³-hybridized carbons (Fsp3) is 0.562. The Kier molecular flexibility index (Phi) is 8.38. The first-order valence-electron chi connectivity index (χ1n) is 7.39. The second-order valence-corrected chi connectivity index (χ2v) is 5.90. The molecule has 0 aromatic heterocycles. The maximum Gasteiger partial charge on any atom is 0.344 e. The Hall–Kier alpha value is -1.07. The van der Waals surface area contributed by atoms with Gasteiger partial charge in [0.1, 0.15) is 5.75 Å².